The maximum Gasteiger partial charge on any atom is 0.130 e. The maximum atomic E-state index is 5.24. The summed E-state index contributed by atoms with van der Waals surface area (Å²) in [6.07, 6.45) is 0. The fourth-order valence-corrected chi connectivity index (χ4v) is 2.84. The first-order valence-corrected chi connectivity index (χ1v) is 7.66. The molecule has 1 heterocycles. The van der Waals surface area contributed by atoms with Crippen LogP contribution < -0.4 is 10.1 Å². The van der Waals surface area contributed by atoms with Gasteiger partial charge in [0, 0.05) is 42.7 Å². The molecule has 0 radical (unpaired) electrons. The van der Waals surface area contributed by atoms with Crippen molar-refractivity contribution in [2.75, 3.05) is 38.9 Å². The smallest absolute Gasteiger partial charge is 0.130 e. The normalized spacial score (nSPS) is 10.8. The number of fused-ring (bicyclic) bond motifs is 1. The highest BCUT2D eigenvalue weighted by atomic mass is 32.2. The molecule has 2 rings (SSSR count). The standard InChI is InChI=1S/C15H20N2O2S/c1-16-15-12(10-20-7-6-18-2)8-11-4-5-13(19-3)9-14(11)17-15/h4-5,8-9H,6-7,10H2,1-3H3,(H,16,17). The number of rotatable bonds is 7. The van der Waals surface area contributed by atoms with Crippen LogP contribution in [0.25, 0.3) is 10.9 Å². The van der Waals surface area contributed by atoms with Crippen LogP contribution in [-0.4, -0.2) is 38.6 Å². The van der Waals surface area contributed by atoms with E-state index in [4.69, 9.17) is 9.47 Å². The number of benzene rings is 1. The number of methoxy groups -OCH3 is 2. The van der Waals surface area contributed by atoms with Gasteiger partial charge in [-0.2, -0.15) is 11.8 Å². The number of pyridine rings is 1. The van der Waals surface area contributed by atoms with Crippen LogP contribution in [0.1, 0.15) is 5.56 Å². The molecule has 1 N–H and O–H groups in total. The van der Waals surface area contributed by atoms with E-state index in [9.17, 15) is 0 Å². The van der Waals surface area contributed by atoms with Gasteiger partial charge in [-0.1, -0.05) is 0 Å². The van der Waals surface area contributed by atoms with Crippen LogP contribution in [0.5, 0.6) is 5.75 Å². The molecule has 20 heavy (non-hydrogen) atoms. The second-order valence-electron chi connectivity index (χ2n) is 4.35. The quantitative estimate of drug-likeness (QED) is 0.794. The van der Waals surface area contributed by atoms with Crippen molar-refractivity contribution in [1.82, 2.24) is 4.98 Å². The van der Waals surface area contributed by atoms with Crippen molar-refractivity contribution in [3.8, 4) is 5.75 Å². The van der Waals surface area contributed by atoms with Gasteiger partial charge in [-0.25, -0.2) is 4.98 Å². The molecule has 2 aromatic rings. The molecule has 108 valence electrons. The van der Waals surface area contributed by atoms with Gasteiger partial charge in [0.1, 0.15) is 11.6 Å². The molecule has 0 amide bonds. The van der Waals surface area contributed by atoms with E-state index in [1.165, 1.54) is 5.56 Å². The van der Waals surface area contributed by atoms with Gasteiger partial charge >= 0.3 is 0 Å². The van der Waals surface area contributed by atoms with Crippen LogP contribution in [0.2, 0.25) is 0 Å². The molecule has 0 bridgehead atoms. The number of thioether (sulfide) groups is 1. The Hall–Kier alpha value is -1.46. The minimum Gasteiger partial charge on any atom is -0.497 e. The fourth-order valence-electron chi connectivity index (χ4n) is 1.97. The van der Waals surface area contributed by atoms with Crippen molar-refractivity contribution in [3.63, 3.8) is 0 Å². The van der Waals surface area contributed by atoms with Crippen molar-refractivity contribution < 1.29 is 9.47 Å². The summed E-state index contributed by atoms with van der Waals surface area (Å²) in [6.45, 7) is 0.776. The second kappa shape index (κ2) is 7.36. The van der Waals surface area contributed by atoms with Crippen molar-refractivity contribution in [2.45, 2.75) is 5.75 Å². The van der Waals surface area contributed by atoms with E-state index in [0.29, 0.717) is 0 Å². The third-order valence-electron chi connectivity index (χ3n) is 3.03. The molecular formula is C15H20N2O2S. The SMILES string of the molecule is CNc1nc2cc(OC)ccc2cc1CSCCOC. The largest absolute Gasteiger partial charge is 0.497 e. The highest BCUT2D eigenvalue weighted by molar-refractivity contribution is 7.98. The molecule has 0 aliphatic heterocycles. The Bertz CT molecular complexity index is 575. The summed E-state index contributed by atoms with van der Waals surface area (Å²) in [5.41, 5.74) is 2.16. The van der Waals surface area contributed by atoms with Gasteiger partial charge in [-0.15, -0.1) is 0 Å². The summed E-state index contributed by atoms with van der Waals surface area (Å²) in [5, 5.41) is 4.30. The Kier molecular flexibility index (Phi) is 5.49. The highest BCUT2D eigenvalue weighted by Crippen LogP contribution is 2.26. The van der Waals surface area contributed by atoms with Gasteiger partial charge in [0.15, 0.2) is 0 Å². The lowest BCUT2D eigenvalue weighted by Gasteiger charge is -2.11. The summed E-state index contributed by atoms with van der Waals surface area (Å²) in [5.74, 6) is 3.67. The Morgan fingerprint density at radius 1 is 1.25 bits per heavy atom. The average molecular weight is 292 g/mol. The number of aromatic nitrogens is 1. The van der Waals surface area contributed by atoms with Crippen LogP contribution in [0, 0.1) is 0 Å². The molecule has 0 saturated carbocycles. The van der Waals surface area contributed by atoms with Gasteiger partial charge in [-0.3, -0.25) is 0 Å². The summed E-state index contributed by atoms with van der Waals surface area (Å²) >= 11 is 1.85. The third kappa shape index (κ3) is 3.55. The van der Waals surface area contributed by atoms with Crippen LogP contribution in [0.15, 0.2) is 24.3 Å². The predicted octanol–water partition coefficient (Wildman–Crippen LogP) is 3.16. The molecule has 1 aromatic heterocycles. The number of anilines is 1. The molecule has 0 saturated heterocycles. The van der Waals surface area contributed by atoms with Crippen LogP contribution >= 0.6 is 11.8 Å². The summed E-state index contributed by atoms with van der Waals surface area (Å²) < 4.78 is 10.3. The Labute approximate surface area is 123 Å². The van der Waals surface area contributed by atoms with Crippen molar-refractivity contribution >= 4 is 28.5 Å². The molecule has 0 spiro atoms. The average Bonchev–Trinajstić information content (AvgIpc) is 2.50. The molecule has 0 aliphatic carbocycles. The molecule has 0 fully saturated rings. The predicted molar refractivity (Wildman–Crippen MR) is 85.9 cm³/mol. The van der Waals surface area contributed by atoms with Gasteiger partial charge in [0.2, 0.25) is 0 Å². The number of nitrogens with zero attached hydrogens (tertiary/aromatic N) is 1. The first-order chi connectivity index (χ1) is 9.78. The number of ether oxygens (including phenoxy) is 2. The third-order valence-corrected chi connectivity index (χ3v) is 4.00. The van der Waals surface area contributed by atoms with Crippen LogP contribution in [0.3, 0.4) is 0 Å². The van der Waals surface area contributed by atoms with Gasteiger partial charge in [0.25, 0.3) is 0 Å². The zero-order chi connectivity index (χ0) is 14.4. The van der Waals surface area contributed by atoms with E-state index in [0.717, 1.165) is 40.6 Å². The zero-order valence-electron chi connectivity index (χ0n) is 12.1. The number of hydrogen-bond acceptors (Lipinski definition) is 5. The van der Waals surface area contributed by atoms with Gasteiger partial charge < -0.3 is 14.8 Å². The lowest BCUT2D eigenvalue weighted by atomic mass is 10.1. The topological polar surface area (TPSA) is 43.4 Å². The molecule has 0 unspecified atom stereocenters. The van der Waals surface area contributed by atoms with Gasteiger partial charge in [-0.05, 0) is 18.2 Å². The molecule has 1 aromatic carbocycles. The summed E-state index contributed by atoms with van der Waals surface area (Å²) in [4.78, 5) is 4.67. The maximum absolute atomic E-state index is 5.24. The van der Waals surface area contributed by atoms with Crippen LogP contribution in [0.4, 0.5) is 5.82 Å². The van der Waals surface area contributed by atoms with Crippen molar-refractivity contribution in [2.24, 2.45) is 0 Å². The minimum absolute atomic E-state index is 0.776. The molecule has 0 aliphatic rings. The van der Waals surface area contributed by atoms with E-state index < -0.39 is 0 Å². The number of nitrogens with one attached hydrogen (secondary N) is 1. The molecular weight excluding hydrogens is 272 g/mol. The summed E-state index contributed by atoms with van der Waals surface area (Å²) in [6, 6.07) is 8.15. The van der Waals surface area contributed by atoms with E-state index in [1.807, 2.05) is 37.0 Å². The fraction of sp³-hybridized carbons (Fsp3) is 0.400. The van der Waals surface area contributed by atoms with E-state index in [-0.39, 0.29) is 0 Å². The van der Waals surface area contributed by atoms with E-state index in [1.54, 1.807) is 14.2 Å². The zero-order valence-corrected chi connectivity index (χ0v) is 12.9. The molecule has 4 nitrogen and oxygen atoms in total. The Morgan fingerprint density at radius 2 is 2.10 bits per heavy atom. The van der Waals surface area contributed by atoms with Gasteiger partial charge in [0.05, 0.1) is 19.2 Å². The second-order valence-corrected chi connectivity index (χ2v) is 5.46. The Morgan fingerprint density at radius 3 is 2.80 bits per heavy atom. The first kappa shape index (κ1) is 14.9. The minimum atomic E-state index is 0.776. The van der Waals surface area contributed by atoms with Crippen LogP contribution in [-0.2, 0) is 10.5 Å². The van der Waals surface area contributed by atoms with Crippen molar-refractivity contribution in [3.05, 3.63) is 29.8 Å². The van der Waals surface area contributed by atoms with E-state index >= 15 is 0 Å². The monoisotopic (exact) mass is 292 g/mol. The van der Waals surface area contributed by atoms with Crippen molar-refractivity contribution in [1.29, 1.82) is 0 Å². The Balaban J connectivity index is 2.25. The molecule has 0 atom stereocenters. The molecule has 5 heteroatoms. The number of hydrogen-bond donors (Lipinski definition) is 1. The lowest BCUT2D eigenvalue weighted by molar-refractivity contribution is 0.218. The first-order valence-electron chi connectivity index (χ1n) is 6.50. The highest BCUT2D eigenvalue weighted by Gasteiger charge is 2.07. The van der Waals surface area contributed by atoms with E-state index in [2.05, 4.69) is 16.4 Å². The lowest BCUT2D eigenvalue weighted by Crippen LogP contribution is -2.00. The summed E-state index contributed by atoms with van der Waals surface area (Å²) in [7, 11) is 5.29.